The summed E-state index contributed by atoms with van der Waals surface area (Å²) in [4.78, 5) is 26.0. The fourth-order valence-electron chi connectivity index (χ4n) is 4.39. The Balaban J connectivity index is 1.70. The third kappa shape index (κ3) is 4.59. The van der Waals surface area contributed by atoms with Gasteiger partial charge in [0, 0.05) is 31.1 Å². The number of hydrogen-bond donors (Lipinski definition) is 2. The normalized spacial score (nSPS) is 20.2. The zero-order valence-corrected chi connectivity index (χ0v) is 17.0. The number of nitrogens with one attached hydrogen (secondary N) is 2. The maximum atomic E-state index is 12.8. The van der Waals surface area contributed by atoms with Crippen LogP contribution in [-0.4, -0.2) is 36.0 Å². The van der Waals surface area contributed by atoms with Crippen molar-refractivity contribution in [3.05, 3.63) is 34.9 Å². The molecule has 1 aliphatic carbocycles. The summed E-state index contributed by atoms with van der Waals surface area (Å²) in [7, 11) is 0. The fraction of sp³-hybridized carbons (Fsp3) is 0.571. The van der Waals surface area contributed by atoms with Crippen molar-refractivity contribution in [3.63, 3.8) is 0 Å². The van der Waals surface area contributed by atoms with Crippen molar-refractivity contribution in [1.29, 1.82) is 5.26 Å². The topological polar surface area (TPSA) is 85.2 Å². The third-order valence-electron chi connectivity index (χ3n) is 6.00. The highest BCUT2D eigenvalue weighted by atomic mass is 35.5. The zero-order chi connectivity index (χ0) is 20.1. The van der Waals surface area contributed by atoms with Gasteiger partial charge in [0.2, 0.25) is 5.91 Å². The molecule has 0 radical (unpaired) electrons. The second-order valence-corrected chi connectivity index (χ2v) is 8.30. The van der Waals surface area contributed by atoms with Crippen LogP contribution in [-0.2, 0) is 4.79 Å². The van der Waals surface area contributed by atoms with Crippen LogP contribution >= 0.6 is 11.6 Å². The summed E-state index contributed by atoms with van der Waals surface area (Å²) >= 11 is 6.17. The Morgan fingerprint density at radius 3 is 2.54 bits per heavy atom. The number of nitrogens with zero attached hydrogens (tertiary/aromatic N) is 2. The molecule has 2 aliphatic rings. The Morgan fingerprint density at radius 2 is 1.96 bits per heavy atom. The van der Waals surface area contributed by atoms with Crippen molar-refractivity contribution in [3.8, 4) is 6.07 Å². The Kier molecular flexibility index (Phi) is 6.46. The van der Waals surface area contributed by atoms with Crippen LogP contribution in [0.15, 0.2) is 24.3 Å². The Hall–Kier alpha value is -2.26. The highest BCUT2D eigenvalue weighted by Crippen LogP contribution is 2.47. The lowest BCUT2D eigenvalue weighted by atomic mass is 9.76. The number of nitriles is 1. The molecule has 1 aromatic carbocycles. The van der Waals surface area contributed by atoms with Gasteiger partial charge in [-0.2, -0.15) is 5.26 Å². The van der Waals surface area contributed by atoms with Crippen LogP contribution in [0.5, 0.6) is 0 Å². The number of piperidine rings is 1. The summed E-state index contributed by atoms with van der Waals surface area (Å²) in [5.74, 6) is 0.0705. The average Bonchev–Trinajstić information content (AvgIpc) is 3.16. The van der Waals surface area contributed by atoms with Gasteiger partial charge in [-0.15, -0.1) is 0 Å². The minimum Gasteiger partial charge on any atom is -0.343 e. The maximum Gasteiger partial charge on any atom is 0.315 e. The number of carbonyl (C=O) groups excluding carboxylic acids is 2. The van der Waals surface area contributed by atoms with Crippen LogP contribution in [0.25, 0.3) is 0 Å². The predicted molar refractivity (Wildman–Crippen MR) is 108 cm³/mol. The molecule has 7 heteroatoms. The molecule has 3 amide bonds. The molecule has 1 unspecified atom stereocenters. The van der Waals surface area contributed by atoms with Gasteiger partial charge in [0.05, 0.1) is 17.5 Å². The van der Waals surface area contributed by atoms with Crippen molar-refractivity contribution >= 4 is 23.5 Å². The van der Waals surface area contributed by atoms with E-state index in [4.69, 9.17) is 11.6 Å². The number of benzene rings is 1. The molecule has 150 valence electrons. The van der Waals surface area contributed by atoms with Crippen LogP contribution in [0.3, 0.4) is 0 Å². The summed E-state index contributed by atoms with van der Waals surface area (Å²) < 4.78 is 0. The van der Waals surface area contributed by atoms with E-state index in [-0.39, 0.29) is 18.0 Å². The molecule has 1 heterocycles. The van der Waals surface area contributed by atoms with Crippen molar-refractivity contribution in [1.82, 2.24) is 15.5 Å². The molecule has 0 aromatic heterocycles. The maximum absolute atomic E-state index is 12.8. The van der Waals surface area contributed by atoms with Gasteiger partial charge in [-0.1, -0.05) is 36.6 Å². The van der Waals surface area contributed by atoms with Gasteiger partial charge in [0.1, 0.15) is 0 Å². The largest absolute Gasteiger partial charge is 0.343 e. The summed E-state index contributed by atoms with van der Waals surface area (Å²) in [6.45, 7) is 2.87. The lowest BCUT2D eigenvalue weighted by Gasteiger charge is -2.35. The third-order valence-corrected chi connectivity index (χ3v) is 6.24. The van der Waals surface area contributed by atoms with Crippen LogP contribution < -0.4 is 10.6 Å². The zero-order valence-electron chi connectivity index (χ0n) is 16.2. The molecule has 1 atom stereocenters. The second kappa shape index (κ2) is 8.83. The summed E-state index contributed by atoms with van der Waals surface area (Å²) in [6.07, 6.45) is 4.96. The van der Waals surface area contributed by atoms with E-state index in [0.29, 0.717) is 18.1 Å². The molecule has 6 nitrogen and oxygen atoms in total. The molecule has 28 heavy (non-hydrogen) atoms. The first-order valence-electron chi connectivity index (χ1n) is 9.93. The molecule has 0 spiro atoms. The van der Waals surface area contributed by atoms with E-state index in [1.165, 1.54) is 0 Å². The first-order chi connectivity index (χ1) is 13.4. The van der Waals surface area contributed by atoms with Crippen LogP contribution in [0.2, 0.25) is 5.02 Å². The van der Waals surface area contributed by atoms with Gasteiger partial charge in [-0.3, -0.25) is 4.79 Å². The number of carbonyl (C=O) groups is 2. The standard InChI is InChI=1S/C21H27ClN4O2/c1-15(27)26-11-7-18(8-12-26)24-20(28)25-19(16-5-4-6-17(22)13-16)21(14-23)9-2-3-10-21/h4-6,13,18-19H,2-3,7-12H2,1H3,(H2,24,25,28). The van der Waals surface area contributed by atoms with Crippen molar-refractivity contribution in [2.24, 2.45) is 5.41 Å². The summed E-state index contributed by atoms with van der Waals surface area (Å²) in [5.41, 5.74) is 0.248. The number of halogens is 1. The molecular formula is C21H27ClN4O2. The average molecular weight is 403 g/mol. The van der Waals surface area contributed by atoms with Crippen molar-refractivity contribution in [2.45, 2.75) is 57.5 Å². The lowest BCUT2D eigenvalue weighted by molar-refractivity contribution is -0.129. The van der Waals surface area contributed by atoms with E-state index in [9.17, 15) is 14.9 Å². The monoisotopic (exact) mass is 402 g/mol. The highest BCUT2D eigenvalue weighted by molar-refractivity contribution is 6.30. The van der Waals surface area contributed by atoms with Gasteiger partial charge >= 0.3 is 6.03 Å². The van der Waals surface area contributed by atoms with Gasteiger partial charge in [0.15, 0.2) is 0 Å². The van der Waals surface area contributed by atoms with Crippen LogP contribution in [0.4, 0.5) is 4.79 Å². The second-order valence-electron chi connectivity index (χ2n) is 7.86. The Bertz CT molecular complexity index is 762. The van der Waals surface area contributed by atoms with E-state index in [1.54, 1.807) is 17.9 Å². The van der Waals surface area contributed by atoms with E-state index in [0.717, 1.165) is 44.1 Å². The fourth-order valence-corrected chi connectivity index (χ4v) is 4.59. The van der Waals surface area contributed by atoms with Gasteiger partial charge in [-0.05, 0) is 43.4 Å². The quantitative estimate of drug-likeness (QED) is 0.803. The van der Waals surface area contributed by atoms with E-state index in [2.05, 4.69) is 16.7 Å². The molecular weight excluding hydrogens is 376 g/mol. The minimum absolute atomic E-state index is 0.0252. The van der Waals surface area contributed by atoms with Gasteiger partial charge in [-0.25, -0.2) is 4.79 Å². The molecule has 1 saturated carbocycles. The van der Waals surface area contributed by atoms with Gasteiger partial charge < -0.3 is 15.5 Å². The summed E-state index contributed by atoms with van der Waals surface area (Å²) in [5, 5.41) is 16.6. The van der Waals surface area contributed by atoms with Gasteiger partial charge in [0.25, 0.3) is 0 Å². The number of urea groups is 1. The minimum atomic E-state index is -0.611. The Labute approximate surface area is 171 Å². The van der Waals surface area contributed by atoms with E-state index >= 15 is 0 Å². The molecule has 1 aromatic rings. The van der Waals surface area contributed by atoms with E-state index in [1.807, 2.05) is 18.2 Å². The molecule has 1 saturated heterocycles. The lowest BCUT2D eigenvalue weighted by Crippen LogP contribution is -2.51. The molecule has 2 N–H and O–H groups in total. The number of likely N-dealkylation sites (tertiary alicyclic amines) is 1. The highest BCUT2D eigenvalue weighted by Gasteiger charge is 2.43. The smallest absolute Gasteiger partial charge is 0.315 e. The van der Waals surface area contributed by atoms with Crippen LogP contribution in [0.1, 0.15) is 57.1 Å². The SMILES string of the molecule is CC(=O)N1CCC(NC(=O)NC(c2cccc(Cl)c2)C2(C#N)CCCC2)CC1. The van der Waals surface area contributed by atoms with Crippen molar-refractivity contribution in [2.75, 3.05) is 13.1 Å². The first kappa shape index (κ1) is 20.5. The van der Waals surface area contributed by atoms with E-state index < -0.39 is 11.5 Å². The molecule has 0 bridgehead atoms. The Morgan fingerprint density at radius 1 is 1.29 bits per heavy atom. The summed E-state index contributed by atoms with van der Waals surface area (Å²) in [6, 6.07) is 9.23. The number of amides is 3. The van der Waals surface area contributed by atoms with Crippen LogP contribution in [0, 0.1) is 16.7 Å². The number of rotatable bonds is 4. The first-order valence-corrected chi connectivity index (χ1v) is 10.3. The molecule has 1 aliphatic heterocycles. The van der Waals surface area contributed by atoms with Crippen molar-refractivity contribution < 1.29 is 9.59 Å². The predicted octanol–water partition coefficient (Wildman–Crippen LogP) is 3.78. The molecule has 3 rings (SSSR count). The molecule has 2 fully saturated rings. The number of hydrogen-bond acceptors (Lipinski definition) is 3.